The summed E-state index contributed by atoms with van der Waals surface area (Å²) < 4.78 is 24.4. The van der Waals surface area contributed by atoms with Gasteiger partial charge in [-0.1, -0.05) is 18.2 Å². The topological polar surface area (TPSA) is 68.3 Å². The van der Waals surface area contributed by atoms with E-state index >= 15 is 0 Å². The number of aryl methyl sites for hydroxylation is 1. The summed E-state index contributed by atoms with van der Waals surface area (Å²) >= 11 is 0. The standard InChI is InChI=1S/C22H19FN2O3/c1-14(19-12-16-4-2-3-5-18(16)27-19)25-21(26)10-11-22-24-13-20(28-22)15-6-8-17(23)9-7-15/h2-9,12-14H,10-11H2,1H3,(H,25,26). The predicted octanol–water partition coefficient (Wildman–Crippen LogP) is 5.04. The molecule has 1 amide bonds. The van der Waals surface area contributed by atoms with Crippen molar-refractivity contribution in [3.8, 4) is 11.3 Å². The number of hydrogen-bond donors (Lipinski definition) is 1. The Labute approximate surface area is 161 Å². The van der Waals surface area contributed by atoms with Gasteiger partial charge in [0.05, 0.1) is 12.2 Å². The van der Waals surface area contributed by atoms with Crippen molar-refractivity contribution in [2.24, 2.45) is 0 Å². The predicted molar refractivity (Wildman–Crippen MR) is 103 cm³/mol. The minimum absolute atomic E-state index is 0.116. The third-order valence-corrected chi connectivity index (χ3v) is 4.50. The SMILES string of the molecule is CC(NC(=O)CCc1ncc(-c2ccc(F)cc2)o1)c1cc2ccccc2o1. The van der Waals surface area contributed by atoms with E-state index in [1.54, 1.807) is 18.3 Å². The highest BCUT2D eigenvalue weighted by molar-refractivity contribution is 5.79. The van der Waals surface area contributed by atoms with Crippen molar-refractivity contribution in [3.63, 3.8) is 0 Å². The van der Waals surface area contributed by atoms with Gasteiger partial charge in [0.15, 0.2) is 11.7 Å². The molecule has 0 aliphatic rings. The number of amides is 1. The first-order valence-electron chi connectivity index (χ1n) is 9.07. The van der Waals surface area contributed by atoms with Crippen LogP contribution in [0.1, 0.15) is 31.0 Å². The molecule has 4 rings (SSSR count). The second-order valence-corrected chi connectivity index (χ2v) is 6.60. The molecule has 0 bridgehead atoms. The van der Waals surface area contributed by atoms with E-state index in [9.17, 15) is 9.18 Å². The van der Waals surface area contributed by atoms with E-state index in [2.05, 4.69) is 10.3 Å². The molecule has 0 saturated carbocycles. The Bertz CT molecular complexity index is 1070. The van der Waals surface area contributed by atoms with Crippen LogP contribution >= 0.6 is 0 Å². The van der Waals surface area contributed by atoms with Gasteiger partial charge in [0.1, 0.15) is 17.2 Å². The Morgan fingerprint density at radius 2 is 1.93 bits per heavy atom. The smallest absolute Gasteiger partial charge is 0.221 e. The first-order valence-corrected chi connectivity index (χ1v) is 9.07. The number of benzene rings is 2. The molecule has 5 nitrogen and oxygen atoms in total. The monoisotopic (exact) mass is 378 g/mol. The van der Waals surface area contributed by atoms with Crippen LogP contribution in [0, 0.1) is 5.82 Å². The van der Waals surface area contributed by atoms with Crippen molar-refractivity contribution in [1.29, 1.82) is 0 Å². The molecule has 0 aliphatic carbocycles. The second kappa shape index (κ2) is 7.68. The third-order valence-electron chi connectivity index (χ3n) is 4.50. The molecule has 2 aromatic heterocycles. The lowest BCUT2D eigenvalue weighted by Crippen LogP contribution is -2.26. The number of aromatic nitrogens is 1. The molecule has 0 radical (unpaired) electrons. The summed E-state index contributed by atoms with van der Waals surface area (Å²) in [5, 5.41) is 3.93. The molecule has 0 aliphatic heterocycles. The van der Waals surface area contributed by atoms with Gasteiger partial charge in [-0.25, -0.2) is 9.37 Å². The quantitative estimate of drug-likeness (QED) is 0.510. The summed E-state index contributed by atoms with van der Waals surface area (Å²) in [6.45, 7) is 1.88. The van der Waals surface area contributed by atoms with E-state index in [1.807, 2.05) is 37.3 Å². The fraction of sp³-hybridized carbons (Fsp3) is 0.182. The maximum absolute atomic E-state index is 13.0. The van der Waals surface area contributed by atoms with Crippen molar-refractivity contribution in [3.05, 3.63) is 78.3 Å². The number of halogens is 1. The van der Waals surface area contributed by atoms with Gasteiger partial charge in [0.25, 0.3) is 0 Å². The lowest BCUT2D eigenvalue weighted by atomic mass is 10.2. The van der Waals surface area contributed by atoms with Gasteiger partial charge in [-0.2, -0.15) is 0 Å². The Morgan fingerprint density at radius 1 is 1.14 bits per heavy atom. The molecule has 6 heteroatoms. The molecule has 2 aromatic carbocycles. The highest BCUT2D eigenvalue weighted by Crippen LogP contribution is 2.24. The number of oxazole rings is 1. The molecule has 28 heavy (non-hydrogen) atoms. The zero-order chi connectivity index (χ0) is 19.5. The maximum atomic E-state index is 13.0. The average molecular weight is 378 g/mol. The largest absolute Gasteiger partial charge is 0.459 e. The molecule has 1 unspecified atom stereocenters. The van der Waals surface area contributed by atoms with Crippen molar-refractivity contribution < 1.29 is 18.0 Å². The Balaban J connectivity index is 1.33. The molecule has 1 N–H and O–H groups in total. The number of furan rings is 1. The Morgan fingerprint density at radius 3 is 2.71 bits per heavy atom. The van der Waals surface area contributed by atoms with Crippen molar-refractivity contribution in [1.82, 2.24) is 10.3 Å². The van der Waals surface area contributed by atoms with E-state index in [-0.39, 0.29) is 24.2 Å². The lowest BCUT2D eigenvalue weighted by molar-refractivity contribution is -0.121. The van der Waals surface area contributed by atoms with Crippen LogP contribution in [0.25, 0.3) is 22.3 Å². The summed E-state index contributed by atoms with van der Waals surface area (Å²) in [4.78, 5) is 16.5. The first kappa shape index (κ1) is 18.0. The van der Waals surface area contributed by atoms with Crippen LogP contribution in [0.4, 0.5) is 4.39 Å². The van der Waals surface area contributed by atoms with Crippen LogP contribution < -0.4 is 5.32 Å². The normalized spacial score (nSPS) is 12.2. The third kappa shape index (κ3) is 3.96. The van der Waals surface area contributed by atoms with E-state index in [0.717, 1.165) is 16.5 Å². The van der Waals surface area contributed by atoms with E-state index in [0.29, 0.717) is 23.8 Å². The summed E-state index contributed by atoms with van der Waals surface area (Å²) in [6, 6.07) is 15.4. The fourth-order valence-corrected chi connectivity index (χ4v) is 2.99. The van der Waals surface area contributed by atoms with Crippen LogP contribution in [0.5, 0.6) is 0 Å². The zero-order valence-corrected chi connectivity index (χ0v) is 15.3. The van der Waals surface area contributed by atoms with Gasteiger partial charge in [0, 0.05) is 23.8 Å². The summed E-state index contributed by atoms with van der Waals surface area (Å²) in [7, 11) is 0. The van der Waals surface area contributed by atoms with Crippen LogP contribution in [-0.2, 0) is 11.2 Å². The van der Waals surface area contributed by atoms with Gasteiger partial charge < -0.3 is 14.2 Å². The van der Waals surface area contributed by atoms with Gasteiger partial charge in [-0.05, 0) is 43.3 Å². The zero-order valence-electron chi connectivity index (χ0n) is 15.3. The van der Waals surface area contributed by atoms with Gasteiger partial charge in [-0.15, -0.1) is 0 Å². The first-order chi connectivity index (χ1) is 13.6. The molecule has 142 valence electrons. The van der Waals surface area contributed by atoms with Crippen LogP contribution in [0.3, 0.4) is 0 Å². The molecule has 4 aromatic rings. The molecule has 0 saturated heterocycles. The van der Waals surface area contributed by atoms with Crippen LogP contribution in [0.15, 0.2) is 69.6 Å². The minimum atomic E-state index is -0.307. The van der Waals surface area contributed by atoms with Crippen LogP contribution in [0.2, 0.25) is 0 Å². The molecular weight excluding hydrogens is 359 g/mol. The molecule has 1 atom stereocenters. The van der Waals surface area contributed by atoms with Gasteiger partial charge in [-0.3, -0.25) is 4.79 Å². The molecule has 0 spiro atoms. The number of nitrogens with zero attached hydrogens (tertiary/aromatic N) is 1. The van der Waals surface area contributed by atoms with Gasteiger partial charge >= 0.3 is 0 Å². The number of carbonyl (C=O) groups is 1. The summed E-state index contributed by atoms with van der Waals surface area (Å²) in [5.74, 6) is 1.30. The van der Waals surface area contributed by atoms with E-state index in [1.165, 1.54) is 12.1 Å². The summed E-state index contributed by atoms with van der Waals surface area (Å²) in [6.07, 6.45) is 2.20. The Kier molecular flexibility index (Phi) is 4.93. The lowest BCUT2D eigenvalue weighted by Gasteiger charge is -2.10. The maximum Gasteiger partial charge on any atom is 0.221 e. The van der Waals surface area contributed by atoms with Crippen molar-refractivity contribution in [2.45, 2.75) is 25.8 Å². The number of fused-ring (bicyclic) bond motifs is 1. The van der Waals surface area contributed by atoms with E-state index in [4.69, 9.17) is 8.83 Å². The Hall–Kier alpha value is -3.41. The number of para-hydroxylation sites is 1. The fourth-order valence-electron chi connectivity index (χ4n) is 2.99. The number of nitrogens with one attached hydrogen (secondary N) is 1. The molecule has 0 fully saturated rings. The molecule has 2 heterocycles. The highest BCUT2D eigenvalue weighted by Gasteiger charge is 2.15. The van der Waals surface area contributed by atoms with Crippen molar-refractivity contribution in [2.75, 3.05) is 0 Å². The summed E-state index contributed by atoms with van der Waals surface area (Å²) in [5.41, 5.74) is 1.54. The molecular formula is C22H19FN2O3. The minimum Gasteiger partial charge on any atom is -0.459 e. The number of rotatable bonds is 6. The van der Waals surface area contributed by atoms with Gasteiger partial charge in [0.2, 0.25) is 5.91 Å². The highest BCUT2D eigenvalue weighted by atomic mass is 19.1. The van der Waals surface area contributed by atoms with Crippen LogP contribution in [-0.4, -0.2) is 10.9 Å². The number of carbonyl (C=O) groups excluding carboxylic acids is 1. The average Bonchev–Trinajstić information content (AvgIpc) is 3.34. The van der Waals surface area contributed by atoms with E-state index < -0.39 is 0 Å². The second-order valence-electron chi connectivity index (χ2n) is 6.60. The number of hydrogen-bond acceptors (Lipinski definition) is 4. The van der Waals surface area contributed by atoms with Crippen molar-refractivity contribution >= 4 is 16.9 Å².